The maximum absolute atomic E-state index is 15.6. The van der Waals surface area contributed by atoms with Gasteiger partial charge in [-0.3, -0.25) is 0 Å². The van der Waals surface area contributed by atoms with Crippen LogP contribution in [0.3, 0.4) is 0 Å². The van der Waals surface area contributed by atoms with E-state index >= 15 is 8.78 Å². The van der Waals surface area contributed by atoms with Gasteiger partial charge in [0.2, 0.25) is 5.88 Å². The number of carboxylic acids is 1. The summed E-state index contributed by atoms with van der Waals surface area (Å²) in [6.07, 6.45) is 1.99. The summed E-state index contributed by atoms with van der Waals surface area (Å²) < 4.78 is 52.9. The van der Waals surface area contributed by atoms with Gasteiger partial charge in [0.15, 0.2) is 0 Å². The molecule has 3 aromatic carbocycles. The Hall–Kier alpha value is -5.21. The molecular weight excluding hydrogens is 583 g/mol. The molecule has 2 saturated heterocycles. The Morgan fingerprint density at radius 2 is 1.84 bits per heavy atom. The van der Waals surface area contributed by atoms with E-state index in [1.54, 1.807) is 18.2 Å². The lowest BCUT2D eigenvalue weighted by molar-refractivity contribution is 0.0697. The Morgan fingerprint density at radius 3 is 2.58 bits per heavy atom. The first-order chi connectivity index (χ1) is 21.7. The molecule has 4 heterocycles. The highest BCUT2D eigenvalue weighted by Crippen LogP contribution is 2.45. The average molecular weight is 610 g/mol. The summed E-state index contributed by atoms with van der Waals surface area (Å²) in [6, 6.07) is 17.4. The molecule has 0 radical (unpaired) electrons. The monoisotopic (exact) mass is 609 g/mol. The van der Waals surface area contributed by atoms with E-state index in [0.29, 0.717) is 29.3 Å². The molecule has 2 N–H and O–H groups in total. The molecule has 2 bridgehead atoms. The predicted octanol–water partition coefficient (Wildman–Crippen LogP) is 6.01. The van der Waals surface area contributed by atoms with Gasteiger partial charge < -0.3 is 19.7 Å². The lowest BCUT2D eigenvalue weighted by Crippen LogP contribution is -2.47. The molecular formula is C34H26F3N5O3. The number of pyridine rings is 1. The first kappa shape index (κ1) is 28.6. The van der Waals surface area contributed by atoms with Gasteiger partial charge >= 0.3 is 5.97 Å². The number of halogens is 3. The van der Waals surface area contributed by atoms with Gasteiger partial charge in [-0.15, -0.1) is 0 Å². The molecule has 3 aliphatic rings. The van der Waals surface area contributed by atoms with E-state index in [4.69, 9.17) is 15.0 Å². The van der Waals surface area contributed by atoms with Crippen molar-refractivity contribution in [2.45, 2.75) is 38.0 Å². The topological polar surface area (TPSA) is 113 Å². The van der Waals surface area contributed by atoms with Crippen LogP contribution in [0.25, 0.3) is 22.3 Å². The van der Waals surface area contributed by atoms with Crippen LogP contribution in [-0.4, -0.2) is 37.7 Å². The van der Waals surface area contributed by atoms with Crippen LogP contribution in [-0.2, 0) is 19.6 Å². The van der Waals surface area contributed by atoms with Crippen molar-refractivity contribution in [1.82, 2.24) is 19.9 Å². The number of aromatic nitrogens is 3. The number of hydrogen-bond donors (Lipinski definition) is 2. The van der Waals surface area contributed by atoms with Gasteiger partial charge in [-0.1, -0.05) is 12.1 Å². The molecule has 8 nitrogen and oxygen atoms in total. The van der Waals surface area contributed by atoms with E-state index in [9.17, 15) is 14.3 Å². The van der Waals surface area contributed by atoms with Crippen LogP contribution in [0.5, 0.6) is 5.88 Å². The minimum atomic E-state index is -1.06. The molecule has 2 aliphatic heterocycles. The number of nitrogens with zero attached hydrogens (tertiary/aromatic N) is 4. The maximum atomic E-state index is 15.6. The second kappa shape index (κ2) is 11.1. The number of nitriles is 1. The van der Waals surface area contributed by atoms with Crippen molar-refractivity contribution >= 4 is 17.0 Å². The summed E-state index contributed by atoms with van der Waals surface area (Å²) in [5.41, 5.74) is 1.78. The number of carbonyl (C=O) groups is 1. The molecule has 1 aliphatic carbocycles. The molecule has 5 aromatic rings. The highest BCUT2D eigenvalue weighted by molar-refractivity contribution is 5.92. The molecule has 3 fully saturated rings. The van der Waals surface area contributed by atoms with Crippen LogP contribution in [0, 0.1) is 34.7 Å². The fourth-order valence-corrected chi connectivity index (χ4v) is 6.42. The smallest absolute Gasteiger partial charge is 0.335 e. The van der Waals surface area contributed by atoms with Crippen molar-refractivity contribution in [3.8, 4) is 23.2 Å². The number of hydrogen-bond acceptors (Lipinski definition) is 6. The van der Waals surface area contributed by atoms with E-state index in [2.05, 4.69) is 10.3 Å². The first-order valence-electron chi connectivity index (χ1n) is 14.4. The highest BCUT2D eigenvalue weighted by atomic mass is 19.1. The van der Waals surface area contributed by atoms with Crippen LogP contribution >= 0.6 is 0 Å². The van der Waals surface area contributed by atoms with Gasteiger partial charge in [-0.2, -0.15) is 5.26 Å². The maximum Gasteiger partial charge on any atom is 0.335 e. The minimum absolute atomic E-state index is 0.00758. The van der Waals surface area contributed by atoms with Crippen molar-refractivity contribution < 1.29 is 27.8 Å². The summed E-state index contributed by atoms with van der Waals surface area (Å²) in [5.74, 6) is -1.78. The molecule has 226 valence electrons. The molecule has 8 rings (SSSR count). The summed E-state index contributed by atoms with van der Waals surface area (Å²) in [6.45, 7) is 1.30. The molecule has 11 heteroatoms. The number of imidazole rings is 1. The zero-order chi connectivity index (χ0) is 31.3. The normalized spacial score (nSPS) is 18.5. The second-order valence-electron chi connectivity index (χ2n) is 11.7. The minimum Gasteiger partial charge on any atom is -0.478 e. The number of ether oxygens (including phenoxy) is 1. The third-order valence-electron chi connectivity index (χ3n) is 8.70. The molecule has 0 unspecified atom stereocenters. The number of carboxylic acid groups (broad SMARTS) is 1. The van der Waals surface area contributed by atoms with Crippen LogP contribution in [0.1, 0.15) is 45.7 Å². The number of benzene rings is 3. The van der Waals surface area contributed by atoms with E-state index in [1.165, 1.54) is 30.3 Å². The number of aromatic carboxylic acids is 1. The Morgan fingerprint density at radius 1 is 1.02 bits per heavy atom. The predicted molar refractivity (Wildman–Crippen MR) is 158 cm³/mol. The van der Waals surface area contributed by atoms with Gasteiger partial charge in [0, 0.05) is 35.7 Å². The number of rotatable bonds is 9. The summed E-state index contributed by atoms with van der Waals surface area (Å²) >= 11 is 0. The molecule has 1 saturated carbocycles. The number of fused-ring (bicyclic) bond motifs is 2. The molecule has 45 heavy (non-hydrogen) atoms. The first-order valence-corrected chi connectivity index (χ1v) is 14.4. The van der Waals surface area contributed by atoms with Crippen molar-refractivity contribution in [2.75, 3.05) is 6.54 Å². The Kier molecular flexibility index (Phi) is 7.01. The van der Waals surface area contributed by atoms with Crippen molar-refractivity contribution in [3.63, 3.8) is 0 Å². The van der Waals surface area contributed by atoms with E-state index in [0.717, 1.165) is 37.6 Å². The van der Waals surface area contributed by atoms with Gasteiger partial charge in [-0.25, -0.2) is 27.9 Å². The third kappa shape index (κ3) is 5.38. The van der Waals surface area contributed by atoms with E-state index < -0.39 is 23.4 Å². The zero-order valence-corrected chi connectivity index (χ0v) is 23.9. The highest BCUT2D eigenvalue weighted by Gasteiger charge is 2.50. The summed E-state index contributed by atoms with van der Waals surface area (Å²) in [5, 5.41) is 22.1. The lowest BCUT2D eigenvalue weighted by atomic mass is 9.73. The second-order valence-corrected chi connectivity index (χ2v) is 11.7. The van der Waals surface area contributed by atoms with Crippen LogP contribution in [0.15, 0.2) is 66.7 Å². The third-order valence-corrected chi connectivity index (χ3v) is 8.70. The van der Waals surface area contributed by atoms with Crippen LogP contribution in [0.2, 0.25) is 0 Å². The zero-order valence-electron chi connectivity index (χ0n) is 23.9. The Balaban J connectivity index is 1.16. The van der Waals surface area contributed by atoms with Gasteiger partial charge in [-0.05, 0) is 79.4 Å². The van der Waals surface area contributed by atoms with Gasteiger partial charge in [0.05, 0.1) is 33.9 Å². The van der Waals surface area contributed by atoms with E-state index in [-0.39, 0.29) is 58.0 Å². The Labute approximate surface area is 255 Å². The summed E-state index contributed by atoms with van der Waals surface area (Å²) in [7, 11) is 0. The fraction of sp³-hybridized carbons (Fsp3) is 0.235. The van der Waals surface area contributed by atoms with Crippen LogP contribution < -0.4 is 10.1 Å². The van der Waals surface area contributed by atoms with Crippen molar-refractivity contribution in [2.24, 2.45) is 5.92 Å². The largest absolute Gasteiger partial charge is 0.478 e. The van der Waals surface area contributed by atoms with Crippen molar-refractivity contribution in [3.05, 3.63) is 112 Å². The fourth-order valence-electron chi connectivity index (χ4n) is 6.42. The van der Waals surface area contributed by atoms with Gasteiger partial charge in [0.25, 0.3) is 0 Å². The van der Waals surface area contributed by atoms with Crippen molar-refractivity contribution in [1.29, 1.82) is 5.26 Å². The lowest BCUT2D eigenvalue weighted by Gasteiger charge is -2.38. The molecule has 2 aromatic heterocycles. The molecule has 0 spiro atoms. The number of nitrogens with one attached hydrogen (secondary N) is 1. The van der Waals surface area contributed by atoms with Gasteiger partial charge in [0.1, 0.15) is 29.9 Å². The molecule has 0 atom stereocenters. The quantitative estimate of drug-likeness (QED) is 0.211. The average Bonchev–Trinajstić information content (AvgIpc) is 3.71. The van der Waals surface area contributed by atoms with E-state index in [1.807, 2.05) is 10.6 Å². The summed E-state index contributed by atoms with van der Waals surface area (Å²) in [4.78, 5) is 20.7. The molecule has 0 amide bonds. The standard InChI is InChI=1S/C34H26F3N5O3/c35-25-8-19(15-38)4-5-22(25)17-45-32-3-1-2-28(41-32)24-12-26(36)23(9-27(24)37)11-31-40-29-7-6-21(33(43)44)10-30(29)42(31)18-34-13-20(14-34)16-39-34/h1-10,12,20,39H,11,13-14,16-18H2,(H,43,44). The Bertz CT molecular complexity index is 2020. The van der Waals surface area contributed by atoms with Crippen LogP contribution in [0.4, 0.5) is 13.2 Å². The SMILES string of the molecule is N#Cc1ccc(COc2cccc(-c3cc(F)c(Cc4nc5ccc(C(=O)O)cc5n4CC45CC(CN4)C5)cc3F)n2)c(F)c1.